The van der Waals surface area contributed by atoms with Gasteiger partial charge in [-0.3, -0.25) is 4.90 Å². The number of nitrogens with zero attached hydrogens (tertiary/aromatic N) is 1. The van der Waals surface area contributed by atoms with Crippen molar-refractivity contribution < 1.29 is 9.90 Å². The van der Waals surface area contributed by atoms with Gasteiger partial charge in [-0.05, 0) is 37.1 Å². The second-order valence-electron chi connectivity index (χ2n) is 4.04. The molecule has 1 rings (SSSR count). The van der Waals surface area contributed by atoms with Crippen LogP contribution in [0, 0.1) is 0 Å². The largest absolute Gasteiger partial charge is 0.508 e. The number of nitrogens with one attached hydrogen (secondary N) is 1. The zero-order valence-corrected chi connectivity index (χ0v) is 10.6. The number of hydrogen-bond donors (Lipinski definition) is 2. The Morgan fingerprint density at radius 1 is 1.29 bits per heavy atom. The molecule has 0 unspecified atom stereocenters. The van der Waals surface area contributed by atoms with Crippen molar-refractivity contribution in [2.75, 3.05) is 11.9 Å². The molecule has 4 nitrogen and oxygen atoms in total. The number of phenolic OH excluding ortho intramolecular Hbond substituents is 1. The van der Waals surface area contributed by atoms with Crippen molar-refractivity contribution in [3.05, 3.63) is 24.3 Å². The minimum absolute atomic E-state index is 0.121. The van der Waals surface area contributed by atoms with E-state index in [-0.39, 0.29) is 17.8 Å². The number of carbonyl (C=O) groups is 1. The fourth-order valence-electron chi connectivity index (χ4n) is 1.56. The van der Waals surface area contributed by atoms with Gasteiger partial charge in [-0.25, -0.2) is 4.79 Å². The van der Waals surface area contributed by atoms with Crippen molar-refractivity contribution in [3.63, 3.8) is 0 Å². The lowest BCUT2D eigenvalue weighted by Crippen LogP contribution is -2.42. The van der Waals surface area contributed by atoms with E-state index in [2.05, 4.69) is 19.2 Å². The van der Waals surface area contributed by atoms with E-state index in [1.807, 2.05) is 0 Å². The molecule has 0 aliphatic heterocycles. The topological polar surface area (TPSA) is 52.6 Å². The summed E-state index contributed by atoms with van der Waals surface area (Å²) in [5.74, 6) is 0.197. The van der Waals surface area contributed by atoms with Crippen LogP contribution in [0.4, 0.5) is 10.5 Å². The maximum absolute atomic E-state index is 11.9. The first-order valence-electron chi connectivity index (χ1n) is 5.91. The third-order valence-corrected chi connectivity index (χ3v) is 2.85. The molecule has 2 amide bonds. The highest BCUT2D eigenvalue weighted by molar-refractivity contribution is 5.91. The maximum Gasteiger partial charge on any atom is 0.321 e. The highest BCUT2D eigenvalue weighted by Gasteiger charge is 2.13. The molecule has 17 heavy (non-hydrogen) atoms. The van der Waals surface area contributed by atoms with E-state index in [1.165, 1.54) is 4.90 Å². The highest BCUT2D eigenvalue weighted by atomic mass is 16.3. The summed E-state index contributed by atoms with van der Waals surface area (Å²) in [6, 6.07) is 6.64. The van der Waals surface area contributed by atoms with Crippen LogP contribution in [0.15, 0.2) is 24.3 Å². The zero-order valence-electron chi connectivity index (χ0n) is 10.6. The first kappa shape index (κ1) is 13.4. The molecule has 1 aromatic rings. The monoisotopic (exact) mass is 236 g/mol. The van der Waals surface area contributed by atoms with Gasteiger partial charge in [0.2, 0.25) is 0 Å². The lowest BCUT2D eigenvalue weighted by molar-refractivity contribution is 0.243. The van der Waals surface area contributed by atoms with Gasteiger partial charge in [0.15, 0.2) is 0 Å². The van der Waals surface area contributed by atoms with Crippen LogP contribution in [-0.4, -0.2) is 24.2 Å². The Balaban J connectivity index is 2.66. The Hall–Kier alpha value is -1.71. The van der Waals surface area contributed by atoms with Gasteiger partial charge in [-0.2, -0.15) is 0 Å². The first-order chi connectivity index (χ1) is 8.08. The van der Waals surface area contributed by atoms with E-state index in [0.717, 1.165) is 18.5 Å². The second-order valence-corrected chi connectivity index (χ2v) is 4.04. The number of phenols is 1. The van der Waals surface area contributed by atoms with Crippen LogP contribution < -0.4 is 10.2 Å². The molecule has 4 heteroatoms. The van der Waals surface area contributed by atoms with Crippen molar-refractivity contribution >= 4 is 11.7 Å². The Kier molecular flexibility index (Phi) is 4.82. The maximum atomic E-state index is 11.9. The molecular weight excluding hydrogens is 216 g/mol. The Bertz CT molecular complexity index is 358. The molecule has 0 aliphatic carbocycles. The predicted octanol–water partition coefficient (Wildman–Crippen LogP) is 2.73. The summed E-state index contributed by atoms with van der Waals surface area (Å²) in [6.07, 6.45) is 1.84. The molecule has 0 atom stereocenters. The number of urea groups is 1. The molecule has 1 aromatic carbocycles. The molecule has 0 saturated heterocycles. The fraction of sp³-hybridized carbons (Fsp3) is 0.462. The summed E-state index contributed by atoms with van der Waals surface area (Å²) in [5.41, 5.74) is 0.756. The standard InChI is InChI=1S/C13H20N2O2/c1-4-10(5-2)14-13(17)15(3)11-6-8-12(16)9-7-11/h6-10,16H,4-5H2,1-3H3,(H,14,17). The van der Waals surface area contributed by atoms with Gasteiger partial charge in [0.05, 0.1) is 0 Å². The number of benzene rings is 1. The fourth-order valence-corrected chi connectivity index (χ4v) is 1.56. The average Bonchev–Trinajstić information content (AvgIpc) is 2.35. The minimum Gasteiger partial charge on any atom is -0.508 e. The van der Waals surface area contributed by atoms with Crippen molar-refractivity contribution in [2.24, 2.45) is 0 Å². The molecule has 0 aliphatic rings. The average molecular weight is 236 g/mol. The van der Waals surface area contributed by atoms with Gasteiger partial charge in [-0.1, -0.05) is 13.8 Å². The molecule has 0 radical (unpaired) electrons. The SMILES string of the molecule is CCC(CC)NC(=O)N(C)c1ccc(O)cc1. The summed E-state index contributed by atoms with van der Waals surface area (Å²) in [6.45, 7) is 4.10. The summed E-state index contributed by atoms with van der Waals surface area (Å²) >= 11 is 0. The lowest BCUT2D eigenvalue weighted by atomic mass is 10.2. The van der Waals surface area contributed by atoms with Gasteiger partial charge in [-0.15, -0.1) is 0 Å². The van der Waals surface area contributed by atoms with E-state index < -0.39 is 0 Å². The van der Waals surface area contributed by atoms with Gasteiger partial charge < -0.3 is 10.4 Å². The van der Waals surface area contributed by atoms with E-state index in [9.17, 15) is 9.90 Å². The van der Waals surface area contributed by atoms with Gasteiger partial charge in [0.25, 0.3) is 0 Å². The van der Waals surface area contributed by atoms with Crippen molar-refractivity contribution in [3.8, 4) is 5.75 Å². The molecule has 0 saturated carbocycles. The third kappa shape index (κ3) is 3.66. The first-order valence-corrected chi connectivity index (χ1v) is 5.91. The van der Waals surface area contributed by atoms with E-state index in [0.29, 0.717) is 0 Å². The summed E-state index contributed by atoms with van der Waals surface area (Å²) in [5, 5.41) is 12.1. The van der Waals surface area contributed by atoms with Crippen LogP contribution in [0.2, 0.25) is 0 Å². The lowest BCUT2D eigenvalue weighted by Gasteiger charge is -2.22. The Labute approximate surface area is 102 Å². The molecule has 0 fully saturated rings. The van der Waals surface area contributed by atoms with Gasteiger partial charge in [0, 0.05) is 18.8 Å². The molecule has 0 bridgehead atoms. The van der Waals surface area contributed by atoms with Crippen LogP contribution >= 0.6 is 0 Å². The van der Waals surface area contributed by atoms with Crippen molar-refractivity contribution in [1.29, 1.82) is 0 Å². The molecule has 2 N–H and O–H groups in total. The smallest absolute Gasteiger partial charge is 0.321 e. The molecule has 0 heterocycles. The number of carbonyl (C=O) groups excluding carboxylic acids is 1. The van der Waals surface area contributed by atoms with Crippen LogP contribution in [0.25, 0.3) is 0 Å². The van der Waals surface area contributed by atoms with Gasteiger partial charge >= 0.3 is 6.03 Å². The minimum atomic E-state index is -0.121. The molecule has 0 aromatic heterocycles. The molecule has 94 valence electrons. The van der Waals surface area contributed by atoms with Crippen LogP contribution in [0.3, 0.4) is 0 Å². The van der Waals surface area contributed by atoms with Crippen molar-refractivity contribution in [1.82, 2.24) is 5.32 Å². The van der Waals surface area contributed by atoms with E-state index in [1.54, 1.807) is 31.3 Å². The van der Waals surface area contributed by atoms with Gasteiger partial charge in [0.1, 0.15) is 5.75 Å². The summed E-state index contributed by atoms with van der Waals surface area (Å²) in [4.78, 5) is 13.4. The van der Waals surface area contributed by atoms with E-state index in [4.69, 9.17) is 0 Å². The Morgan fingerprint density at radius 3 is 2.29 bits per heavy atom. The number of rotatable bonds is 4. The number of aromatic hydroxyl groups is 1. The normalized spacial score (nSPS) is 10.4. The van der Waals surface area contributed by atoms with Crippen LogP contribution in [-0.2, 0) is 0 Å². The van der Waals surface area contributed by atoms with E-state index >= 15 is 0 Å². The molecular formula is C13H20N2O2. The summed E-state index contributed by atoms with van der Waals surface area (Å²) < 4.78 is 0. The predicted molar refractivity (Wildman–Crippen MR) is 69.4 cm³/mol. The highest BCUT2D eigenvalue weighted by Crippen LogP contribution is 2.17. The number of anilines is 1. The second kappa shape index (κ2) is 6.13. The number of hydrogen-bond acceptors (Lipinski definition) is 2. The molecule has 0 spiro atoms. The van der Waals surface area contributed by atoms with Crippen LogP contribution in [0.1, 0.15) is 26.7 Å². The zero-order chi connectivity index (χ0) is 12.8. The summed E-state index contributed by atoms with van der Waals surface area (Å²) in [7, 11) is 1.71. The Morgan fingerprint density at radius 2 is 1.82 bits per heavy atom. The van der Waals surface area contributed by atoms with Crippen LogP contribution in [0.5, 0.6) is 5.75 Å². The third-order valence-electron chi connectivity index (χ3n) is 2.85. The number of amides is 2. The van der Waals surface area contributed by atoms with Crippen molar-refractivity contribution in [2.45, 2.75) is 32.7 Å². The quantitative estimate of drug-likeness (QED) is 0.844.